The molecule has 1 nitrogen and oxygen atoms in total. The third kappa shape index (κ3) is 4.11. The van der Waals surface area contributed by atoms with Crippen LogP contribution in [0.5, 0.6) is 0 Å². The molecule has 0 aromatic carbocycles. The first-order valence-electron chi connectivity index (χ1n) is 6.24. The highest BCUT2D eigenvalue weighted by molar-refractivity contribution is 5.85. The predicted octanol–water partition coefficient (Wildman–Crippen LogP) is 4.51. The minimum Gasteiger partial charge on any atom is -0.298 e. The average molecular weight is 290 g/mol. The van der Waals surface area contributed by atoms with Crippen LogP contribution in [0.15, 0.2) is 0 Å². The zero-order valence-electron chi connectivity index (χ0n) is 10.4. The summed E-state index contributed by atoms with van der Waals surface area (Å²) in [6.07, 6.45) is -8.91. The first kappa shape index (κ1) is 16.3. The normalized spacial score (nSPS) is 25.7. The number of ketones is 1. The Morgan fingerprint density at radius 3 is 2.05 bits per heavy atom. The van der Waals surface area contributed by atoms with Crippen LogP contribution in [0.1, 0.15) is 39.0 Å². The second kappa shape index (κ2) is 5.71. The van der Waals surface area contributed by atoms with Gasteiger partial charge in [-0.1, -0.05) is 26.2 Å². The molecule has 7 heteroatoms. The molecule has 0 spiro atoms. The molecule has 0 radical (unpaired) electrons. The van der Waals surface area contributed by atoms with Crippen LogP contribution in [0.25, 0.3) is 0 Å². The van der Waals surface area contributed by atoms with Crippen LogP contribution in [0.4, 0.5) is 26.3 Å². The third-order valence-electron chi connectivity index (χ3n) is 3.70. The fourth-order valence-corrected chi connectivity index (χ4v) is 2.66. The van der Waals surface area contributed by atoms with Gasteiger partial charge in [-0.3, -0.25) is 4.79 Å². The zero-order chi connectivity index (χ0) is 14.8. The smallest absolute Gasteiger partial charge is 0.298 e. The summed E-state index contributed by atoms with van der Waals surface area (Å²) in [6.45, 7) is 1.82. The van der Waals surface area contributed by atoms with Gasteiger partial charge in [0.05, 0.1) is 0 Å². The molecule has 1 aliphatic carbocycles. The Labute approximate surface area is 107 Å². The molecule has 0 aromatic heterocycles. The Balaban J connectivity index is 2.88. The van der Waals surface area contributed by atoms with E-state index in [0.717, 1.165) is 6.42 Å². The van der Waals surface area contributed by atoms with Crippen LogP contribution >= 0.6 is 0 Å². The first-order chi connectivity index (χ1) is 8.57. The van der Waals surface area contributed by atoms with Crippen molar-refractivity contribution in [2.24, 2.45) is 17.8 Å². The number of halogens is 6. The van der Waals surface area contributed by atoms with Crippen molar-refractivity contribution in [3.8, 4) is 0 Å². The van der Waals surface area contributed by atoms with Crippen LogP contribution in [0.3, 0.4) is 0 Å². The number of rotatable bonds is 3. The Morgan fingerprint density at radius 2 is 1.63 bits per heavy atom. The molecular weight excluding hydrogens is 274 g/mol. The topological polar surface area (TPSA) is 17.1 Å². The molecule has 0 aliphatic heterocycles. The molecule has 0 N–H and O–H groups in total. The minimum absolute atomic E-state index is 0.0461. The van der Waals surface area contributed by atoms with Crippen LogP contribution in [-0.2, 0) is 4.79 Å². The van der Waals surface area contributed by atoms with Gasteiger partial charge in [-0.2, -0.15) is 26.3 Å². The Morgan fingerprint density at radius 1 is 1.11 bits per heavy atom. The van der Waals surface area contributed by atoms with Crippen molar-refractivity contribution >= 4 is 5.78 Å². The molecular formula is C12H16F6O. The highest BCUT2D eigenvalue weighted by atomic mass is 19.4. The monoisotopic (exact) mass is 290 g/mol. The van der Waals surface area contributed by atoms with Crippen molar-refractivity contribution in [1.82, 2.24) is 0 Å². The summed E-state index contributed by atoms with van der Waals surface area (Å²) in [5.41, 5.74) is 0. The molecule has 0 bridgehead atoms. The second-order valence-electron chi connectivity index (χ2n) is 5.06. The lowest BCUT2D eigenvalue weighted by Crippen LogP contribution is -2.45. The largest absolute Gasteiger partial charge is 0.407 e. The lowest BCUT2D eigenvalue weighted by molar-refractivity contribution is -0.275. The lowest BCUT2D eigenvalue weighted by atomic mass is 9.75. The van der Waals surface area contributed by atoms with Gasteiger partial charge in [-0.05, 0) is 18.8 Å². The summed E-state index contributed by atoms with van der Waals surface area (Å²) in [5, 5.41) is 0. The van der Waals surface area contributed by atoms with E-state index in [1.165, 1.54) is 0 Å². The SMILES string of the molecule is CCC1CCCC(C(=O)C(C(F)(F)F)C(F)(F)F)C1. The second-order valence-corrected chi connectivity index (χ2v) is 5.06. The van der Waals surface area contributed by atoms with Crippen molar-refractivity contribution in [1.29, 1.82) is 0 Å². The standard InChI is InChI=1S/C12H16F6O/c1-2-7-4-3-5-8(6-7)9(19)10(11(13,14)15)12(16,17)18/h7-8,10H,2-6H2,1H3. The van der Waals surface area contributed by atoms with Gasteiger partial charge in [0.2, 0.25) is 5.92 Å². The van der Waals surface area contributed by atoms with E-state index < -0.39 is 30.0 Å². The summed E-state index contributed by atoms with van der Waals surface area (Å²) in [6, 6.07) is 0. The van der Waals surface area contributed by atoms with Gasteiger partial charge in [0.25, 0.3) is 0 Å². The molecule has 2 atom stereocenters. The van der Waals surface area contributed by atoms with E-state index in [-0.39, 0.29) is 18.8 Å². The Kier molecular flexibility index (Phi) is 4.90. The lowest BCUT2D eigenvalue weighted by Gasteiger charge is -2.31. The maximum atomic E-state index is 12.5. The van der Waals surface area contributed by atoms with Gasteiger partial charge in [0.15, 0.2) is 5.78 Å². The van der Waals surface area contributed by atoms with E-state index in [1.54, 1.807) is 0 Å². The summed E-state index contributed by atoms with van der Waals surface area (Å²) < 4.78 is 74.8. The molecule has 1 fully saturated rings. The molecule has 0 aromatic rings. The van der Waals surface area contributed by atoms with Gasteiger partial charge in [0, 0.05) is 5.92 Å². The molecule has 0 saturated heterocycles. The van der Waals surface area contributed by atoms with Crippen molar-refractivity contribution in [3.05, 3.63) is 0 Å². The molecule has 0 heterocycles. The molecule has 1 aliphatic rings. The van der Waals surface area contributed by atoms with Gasteiger partial charge < -0.3 is 0 Å². The number of Topliss-reactive ketones (excluding diaryl/α,β-unsaturated/α-hetero) is 1. The minimum atomic E-state index is -5.56. The van der Waals surface area contributed by atoms with Gasteiger partial charge >= 0.3 is 12.4 Å². The fourth-order valence-electron chi connectivity index (χ4n) is 2.66. The Hall–Kier alpha value is -0.750. The Bertz CT molecular complexity index is 305. The van der Waals surface area contributed by atoms with Crippen LogP contribution in [0.2, 0.25) is 0 Å². The fraction of sp³-hybridized carbons (Fsp3) is 0.917. The average Bonchev–Trinajstić information content (AvgIpc) is 2.25. The summed E-state index contributed by atoms with van der Waals surface area (Å²) >= 11 is 0. The quantitative estimate of drug-likeness (QED) is 0.699. The third-order valence-corrected chi connectivity index (χ3v) is 3.70. The zero-order valence-corrected chi connectivity index (χ0v) is 10.4. The maximum absolute atomic E-state index is 12.5. The molecule has 19 heavy (non-hydrogen) atoms. The summed E-state index contributed by atoms with van der Waals surface area (Å²) in [4.78, 5) is 11.6. The summed E-state index contributed by atoms with van der Waals surface area (Å²) in [7, 11) is 0. The van der Waals surface area contributed by atoms with Crippen molar-refractivity contribution in [3.63, 3.8) is 0 Å². The first-order valence-corrected chi connectivity index (χ1v) is 6.24. The van der Waals surface area contributed by atoms with Crippen molar-refractivity contribution < 1.29 is 31.1 Å². The van der Waals surface area contributed by atoms with Crippen molar-refractivity contribution in [2.75, 3.05) is 0 Å². The van der Waals surface area contributed by atoms with Gasteiger partial charge in [-0.15, -0.1) is 0 Å². The molecule has 1 saturated carbocycles. The number of carbonyl (C=O) groups excluding carboxylic acids is 1. The summed E-state index contributed by atoms with van der Waals surface area (Å²) in [5.74, 6) is -6.62. The van der Waals surface area contributed by atoms with Crippen LogP contribution in [-0.4, -0.2) is 18.1 Å². The van der Waals surface area contributed by atoms with E-state index in [4.69, 9.17) is 0 Å². The number of alkyl halides is 6. The van der Waals surface area contributed by atoms with E-state index in [0.29, 0.717) is 12.8 Å². The van der Waals surface area contributed by atoms with Gasteiger partial charge in [-0.25, -0.2) is 0 Å². The number of hydrogen-bond acceptors (Lipinski definition) is 1. The van der Waals surface area contributed by atoms with E-state index in [1.807, 2.05) is 6.92 Å². The molecule has 112 valence electrons. The number of hydrogen-bond donors (Lipinski definition) is 0. The van der Waals surface area contributed by atoms with E-state index in [2.05, 4.69) is 0 Å². The van der Waals surface area contributed by atoms with Gasteiger partial charge in [0.1, 0.15) is 0 Å². The van der Waals surface area contributed by atoms with E-state index >= 15 is 0 Å². The van der Waals surface area contributed by atoms with E-state index in [9.17, 15) is 31.1 Å². The van der Waals surface area contributed by atoms with Crippen LogP contribution in [0, 0.1) is 17.8 Å². The molecule has 0 amide bonds. The maximum Gasteiger partial charge on any atom is 0.407 e. The van der Waals surface area contributed by atoms with Crippen molar-refractivity contribution in [2.45, 2.75) is 51.4 Å². The highest BCUT2D eigenvalue weighted by Gasteiger charge is 2.61. The highest BCUT2D eigenvalue weighted by Crippen LogP contribution is 2.44. The number of carbonyl (C=O) groups is 1. The predicted molar refractivity (Wildman–Crippen MR) is 56.3 cm³/mol. The molecule has 2 unspecified atom stereocenters. The molecule has 1 rings (SSSR count). The van der Waals surface area contributed by atoms with Crippen LogP contribution < -0.4 is 0 Å².